The second kappa shape index (κ2) is 9.51. The van der Waals surface area contributed by atoms with E-state index in [1.807, 2.05) is 42.2 Å². The minimum absolute atomic E-state index is 0.0429. The number of rotatable bonds is 7. The average molecular weight is 470 g/mol. The number of anilines is 1. The Balaban J connectivity index is 1.44. The van der Waals surface area contributed by atoms with Crippen molar-refractivity contribution in [3.63, 3.8) is 0 Å². The number of benzene rings is 2. The van der Waals surface area contributed by atoms with Gasteiger partial charge >= 0.3 is 0 Å². The van der Waals surface area contributed by atoms with Gasteiger partial charge in [-0.25, -0.2) is 18.4 Å². The van der Waals surface area contributed by atoms with Crippen molar-refractivity contribution < 1.29 is 18.1 Å². The molecule has 0 unspecified atom stereocenters. The van der Waals surface area contributed by atoms with Crippen molar-refractivity contribution in [1.29, 1.82) is 0 Å². The van der Waals surface area contributed by atoms with Crippen LogP contribution in [0.5, 0.6) is 5.75 Å². The zero-order valence-corrected chi connectivity index (χ0v) is 18.8. The molecule has 172 valence electrons. The number of ether oxygens (including phenoxy) is 1. The van der Waals surface area contributed by atoms with Gasteiger partial charge < -0.3 is 9.64 Å². The van der Waals surface area contributed by atoms with Gasteiger partial charge in [-0.1, -0.05) is 0 Å². The molecule has 0 saturated carbocycles. The maximum atomic E-state index is 12.9. The highest BCUT2D eigenvalue weighted by Gasteiger charge is 2.29. The van der Waals surface area contributed by atoms with Crippen molar-refractivity contribution in [2.24, 2.45) is 0 Å². The summed E-state index contributed by atoms with van der Waals surface area (Å²) in [6, 6.07) is 14.5. The molecule has 0 radical (unpaired) electrons. The van der Waals surface area contributed by atoms with Gasteiger partial charge in [0.25, 0.3) is 5.69 Å². The lowest BCUT2D eigenvalue weighted by molar-refractivity contribution is -0.384. The van der Waals surface area contributed by atoms with Crippen LogP contribution in [0.4, 0.5) is 11.5 Å². The fourth-order valence-corrected chi connectivity index (χ4v) is 5.04. The van der Waals surface area contributed by atoms with Crippen LogP contribution in [-0.2, 0) is 10.0 Å². The van der Waals surface area contributed by atoms with Crippen LogP contribution in [0.2, 0.25) is 0 Å². The van der Waals surface area contributed by atoms with E-state index in [1.165, 1.54) is 34.9 Å². The van der Waals surface area contributed by atoms with Crippen LogP contribution in [-0.4, -0.2) is 60.4 Å². The van der Waals surface area contributed by atoms with E-state index in [0.717, 1.165) is 22.8 Å². The molecular weight excluding hydrogens is 446 g/mol. The molecular formula is C22H23N5O5S. The maximum absolute atomic E-state index is 12.9. The summed E-state index contributed by atoms with van der Waals surface area (Å²) in [7, 11) is -3.73. The van der Waals surface area contributed by atoms with Gasteiger partial charge in [-0.2, -0.15) is 4.31 Å². The fraction of sp³-hybridized carbons (Fsp3) is 0.273. The van der Waals surface area contributed by atoms with Gasteiger partial charge in [0.1, 0.15) is 17.9 Å². The molecule has 0 spiro atoms. The SMILES string of the molecule is CCOc1ccc(-c2cc(N3CCN(S(=O)(=O)c4ccc([N+](=O)[O-])cc4)CC3)ncn2)cc1. The summed E-state index contributed by atoms with van der Waals surface area (Å²) < 4.78 is 32.7. The van der Waals surface area contributed by atoms with Crippen molar-refractivity contribution in [3.8, 4) is 17.0 Å². The Kier molecular flexibility index (Phi) is 6.52. The average Bonchev–Trinajstić information content (AvgIpc) is 2.85. The highest BCUT2D eigenvalue weighted by molar-refractivity contribution is 7.89. The Bertz CT molecular complexity index is 1220. The number of sulfonamides is 1. The Hall–Kier alpha value is -3.57. The largest absolute Gasteiger partial charge is 0.494 e. The molecule has 1 aliphatic heterocycles. The molecule has 0 bridgehead atoms. The van der Waals surface area contributed by atoms with E-state index in [0.29, 0.717) is 19.7 Å². The van der Waals surface area contributed by atoms with Crippen LogP contribution in [0, 0.1) is 10.1 Å². The van der Waals surface area contributed by atoms with E-state index < -0.39 is 14.9 Å². The number of nitrogens with zero attached hydrogens (tertiary/aromatic N) is 5. The standard InChI is InChI=1S/C22H23N5O5S/c1-2-32-19-7-3-17(4-8-19)21-15-22(24-16-23-21)25-11-13-26(14-12-25)33(30,31)20-9-5-18(6-10-20)27(28)29/h3-10,15-16H,2,11-14H2,1H3. The second-order valence-electron chi connectivity index (χ2n) is 7.36. The first-order valence-electron chi connectivity index (χ1n) is 10.4. The highest BCUT2D eigenvalue weighted by atomic mass is 32.2. The van der Waals surface area contributed by atoms with Crippen LogP contribution in [0.1, 0.15) is 6.92 Å². The number of nitro groups is 1. The monoisotopic (exact) mass is 469 g/mol. The number of hydrogen-bond acceptors (Lipinski definition) is 8. The van der Waals surface area contributed by atoms with Crippen LogP contribution in [0.15, 0.2) is 65.8 Å². The number of aromatic nitrogens is 2. The predicted molar refractivity (Wildman–Crippen MR) is 123 cm³/mol. The number of nitro benzene ring substituents is 1. The Morgan fingerprint density at radius 2 is 1.67 bits per heavy atom. The molecule has 1 fully saturated rings. The van der Waals surface area contributed by atoms with Crippen LogP contribution >= 0.6 is 0 Å². The molecule has 2 aromatic carbocycles. The van der Waals surface area contributed by atoms with E-state index in [2.05, 4.69) is 9.97 Å². The number of hydrogen-bond donors (Lipinski definition) is 0. The van der Waals surface area contributed by atoms with E-state index in [1.54, 1.807) is 0 Å². The maximum Gasteiger partial charge on any atom is 0.269 e. The van der Waals surface area contributed by atoms with Gasteiger partial charge in [0.15, 0.2) is 0 Å². The topological polar surface area (TPSA) is 119 Å². The van der Waals surface area contributed by atoms with Gasteiger partial charge in [-0.15, -0.1) is 0 Å². The molecule has 4 rings (SSSR count). The van der Waals surface area contributed by atoms with Gasteiger partial charge in [-0.05, 0) is 43.3 Å². The molecule has 2 heterocycles. The fourth-order valence-electron chi connectivity index (χ4n) is 3.61. The van der Waals surface area contributed by atoms with Crippen molar-refractivity contribution in [2.75, 3.05) is 37.7 Å². The summed E-state index contributed by atoms with van der Waals surface area (Å²) in [6.07, 6.45) is 1.50. The molecule has 11 heteroatoms. The first-order chi connectivity index (χ1) is 15.9. The van der Waals surface area contributed by atoms with Gasteiger partial charge in [0.2, 0.25) is 10.0 Å². The number of non-ortho nitro benzene ring substituents is 1. The molecule has 0 aliphatic carbocycles. The number of piperazine rings is 1. The molecule has 3 aromatic rings. The highest BCUT2D eigenvalue weighted by Crippen LogP contribution is 2.25. The molecule has 10 nitrogen and oxygen atoms in total. The summed E-state index contributed by atoms with van der Waals surface area (Å²) in [5, 5.41) is 10.8. The quantitative estimate of drug-likeness (QED) is 0.383. The van der Waals surface area contributed by atoms with Crippen molar-refractivity contribution in [2.45, 2.75) is 11.8 Å². The minimum atomic E-state index is -3.73. The van der Waals surface area contributed by atoms with Crippen LogP contribution < -0.4 is 9.64 Å². The van der Waals surface area contributed by atoms with Crippen molar-refractivity contribution >= 4 is 21.5 Å². The van der Waals surface area contributed by atoms with Gasteiger partial charge in [0, 0.05) is 49.9 Å². The van der Waals surface area contributed by atoms with Crippen LogP contribution in [0.25, 0.3) is 11.3 Å². The molecule has 0 N–H and O–H groups in total. The molecule has 0 atom stereocenters. The van der Waals surface area contributed by atoms with E-state index in [-0.39, 0.29) is 23.7 Å². The summed E-state index contributed by atoms with van der Waals surface area (Å²) in [6.45, 7) is 4.02. The smallest absolute Gasteiger partial charge is 0.269 e. The lowest BCUT2D eigenvalue weighted by Crippen LogP contribution is -2.48. The first-order valence-corrected chi connectivity index (χ1v) is 11.9. The molecule has 0 amide bonds. The zero-order chi connectivity index (χ0) is 23.4. The third kappa shape index (κ3) is 4.94. The third-order valence-corrected chi connectivity index (χ3v) is 7.27. The summed E-state index contributed by atoms with van der Waals surface area (Å²) in [5.74, 6) is 1.52. The molecule has 1 saturated heterocycles. The third-order valence-electron chi connectivity index (χ3n) is 5.36. The molecule has 1 aromatic heterocycles. The van der Waals surface area contributed by atoms with E-state index in [4.69, 9.17) is 4.74 Å². The summed E-state index contributed by atoms with van der Waals surface area (Å²) in [4.78, 5) is 21.0. The van der Waals surface area contributed by atoms with Crippen molar-refractivity contribution in [3.05, 3.63) is 71.0 Å². The van der Waals surface area contributed by atoms with Crippen molar-refractivity contribution in [1.82, 2.24) is 14.3 Å². The lowest BCUT2D eigenvalue weighted by atomic mass is 10.1. The zero-order valence-electron chi connectivity index (χ0n) is 18.0. The normalized spacial score (nSPS) is 14.8. The molecule has 1 aliphatic rings. The summed E-state index contributed by atoms with van der Waals surface area (Å²) in [5.41, 5.74) is 1.55. The van der Waals surface area contributed by atoms with E-state index >= 15 is 0 Å². The summed E-state index contributed by atoms with van der Waals surface area (Å²) >= 11 is 0. The minimum Gasteiger partial charge on any atom is -0.494 e. The molecule has 33 heavy (non-hydrogen) atoms. The first kappa shape index (κ1) is 22.6. The van der Waals surface area contributed by atoms with Gasteiger partial charge in [-0.3, -0.25) is 10.1 Å². The predicted octanol–water partition coefficient (Wildman–Crippen LogP) is 2.96. The Labute approximate surface area is 191 Å². The Morgan fingerprint density at radius 1 is 1.00 bits per heavy atom. The van der Waals surface area contributed by atoms with Crippen LogP contribution in [0.3, 0.4) is 0 Å². The second-order valence-corrected chi connectivity index (χ2v) is 9.30. The Morgan fingerprint density at radius 3 is 2.27 bits per heavy atom. The van der Waals surface area contributed by atoms with Gasteiger partial charge in [0.05, 0.1) is 22.1 Å². The lowest BCUT2D eigenvalue weighted by Gasteiger charge is -2.34. The van der Waals surface area contributed by atoms with E-state index in [9.17, 15) is 18.5 Å².